The van der Waals surface area contributed by atoms with E-state index >= 15 is 0 Å². The van der Waals surface area contributed by atoms with Crippen LogP contribution < -0.4 is 14.5 Å². The van der Waals surface area contributed by atoms with Crippen LogP contribution in [0.1, 0.15) is 105 Å². The molecule has 3 heterocycles. The Bertz CT molecular complexity index is 4650. The van der Waals surface area contributed by atoms with E-state index in [1.807, 2.05) is 6.20 Å². The van der Waals surface area contributed by atoms with Crippen LogP contribution in [0.4, 0.5) is 34.3 Å². The first-order valence-electron chi connectivity index (χ1n) is 30.9. The van der Waals surface area contributed by atoms with Gasteiger partial charge in [0.2, 0.25) is 0 Å². The van der Waals surface area contributed by atoms with Gasteiger partial charge in [-0.25, -0.2) is 0 Å². The molecule has 0 fully saturated rings. The number of imidazole rings is 1. The van der Waals surface area contributed by atoms with E-state index in [0.717, 1.165) is 111 Å². The van der Waals surface area contributed by atoms with Crippen molar-refractivity contribution in [2.45, 2.75) is 105 Å². The zero-order valence-corrected chi connectivity index (χ0v) is 55.2. The Labute approximate surface area is 536 Å². The Balaban J connectivity index is 1.06. The van der Waals surface area contributed by atoms with Crippen LogP contribution in [0.2, 0.25) is 0 Å². The van der Waals surface area contributed by atoms with Crippen molar-refractivity contribution < 1.29 is 24.1 Å². The van der Waals surface area contributed by atoms with Gasteiger partial charge in [-0.05, 0) is 63.3 Å². The summed E-state index contributed by atoms with van der Waals surface area (Å²) in [5.41, 5.74) is 21.7. The van der Waals surface area contributed by atoms with E-state index in [2.05, 4.69) is 364 Å². The summed E-state index contributed by atoms with van der Waals surface area (Å²) in [6, 6.07) is 91.6. The van der Waals surface area contributed by atoms with Crippen LogP contribution in [0, 0.1) is 15.9 Å². The number of anilines is 6. The summed E-state index contributed by atoms with van der Waals surface area (Å²) >= 11 is 2.53. The molecule has 0 unspecified atom stereocenters. The molecule has 0 radical (unpaired) electrons. The molecular weight excluding hydrogens is 1270 g/mol. The molecule has 0 saturated carbocycles. The number of benzene rings is 10. The van der Waals surface area contributed by atoms with Crippen LogP contribution in [0.3, 0.4) is 0 Å². The Hall–Kier alpha value is -9.09. The van der Waals surface area contributed by atoms with Crippen LogP contribution in [0.15, 0.2) is 237 Å². The summed E-state index contributed by atoms with van der Waals surface area (Å²) in [6.45, 7) is 27.4. The number of pyridine rings is 1. The average molecular weight is 1340 g/mol. The topological polar surface area (TPSA) is 38.5 Å². The summed E-state index contributed by atoms with van der Waals surface area (Å²) in [7, 11) is 0. The third-order valence-corrected chi connectivity index (χ3v) is 18.2. The van der Waals surface area contributed by atoms with Crippen molar-refractivity contribution >= 4 is 45.3 Å². The van der Waals surface area contributed by atoms with Gasteiger partial charge in [0.05, 0.1) is 5.69 Å². The third kappa shape index (κ3) is 11.2. The summed E-state index contributed by atoms with van der Waals surface area (Å²) in [4.78, 5) is 10.1. The minimum atomic E-state index is -0.270. The molecule has 0 aliphatic carbocycles. The van der Waals surface area contributed by atoms with Gasteiger partial charge in [-0.1, -0.05) is 117 Å². The van der Waals surface area contributed by atoms with E-state index in [-0.39, 0.29) is 21.7 Å². The normalized spacial score (nSPS) is 12.7. The van der Waals surface area contributed by atoms with Crippen molar-refractivity contribution in [1.82, 2.24) is 14.1 Å². The molecule has 0 atom stereocenters. The molecule has 6 nitrogen and oxygen atoms in total. The first-order valence-corrected chi connectivity index (χ1v) is 32.0. The van der Waals surface area contributed by atoms with E-state index in [0.29, 0.717) is 11.5 Å². The monoisotopic (exact) mass is 1340 g/mol. The zero-order valence-electron chi connectivity index (χ0n) is 53.0. The number of hydrogen-bond acceptors (Lipinski definition) is 4. The summed E-state index contributed by atoms with van der Waals surface area (Å²) in [5.74, 6) is 1.89. The van der Waals surface area contributed by atoms with Gasteiger partial charge in [0.15, 0.2) is 0 Å². The Kier molecular flexibility index (Phi) is 15.1. The quantitative estimate of drug-likeness (QED) is 0.142. The minimum absolute atomic E-state index is 0.133. The molecule has 0 spiro atoms. The molecule has 1 aliphatic rings. The molecule has 446 valence electrons. The number of nitrogens with zero attached hydrogens (tertiary/aromatic N) is 5. The molecule has 0 N–H and O–H groups in total. The van der Waals surface area contributed by atoms with Crippen molar-refractivity contribution in [3.63, 3.8) is 0 Å². The third-order valence-electron chi connectivity index (χ3n) is 17.2. The first kappa shape index (κ1) is 58.9. The van der Waals surface area contributed by atoms with Gasteiger partial charge >= 0.3 is 332 Å². The molecule has 7 heteroatoms. The van der Waals surface area contributed by atoms with E-state index in [1.165, 1.54) is 16.7 Å². The summed E-state index contributed by atoms with van der Waals surface area (Å²) < 4.78 is 13.1. The van der Waals surface area contributed by atoms with Crippen LogP contribution >= 0.6 is 0 Å². The van der Waals surface area contributed by atoms with Crippen molar-refractivity contribution in [1.29, 1.82) is 0 Å². The van der Waals surface area contributed by atoms with Gasteiger partial charge in [0.1, 0.15) is 0 Å². The van der Waals surface area contributed by atoms with Gasteiger partial charge in [0, 0.05) is 17.4 Å². The predicted octanol–water partition coefficient (Wildman–Crippen LogP) is 22.4. The predicted molar refractivity (Wildman–Crippen MR) is 367 cm³/mol. The van der Waals surface area contributed by atoms with Gasteiger partial charge in [-0.15, -0.1) is 0 Å². The molecule has 2 aromatic heterocycles. The summed E-state index contributed by atoms with van der Waals surface area (Å²) in [5, 5.41) is 0. The Morgan fingerprint density at radius 2 is 0.854 bits per heavy atom. The zero-order chi connectivity index (χ0) is 62.1. The van der Waals surface area contributed by atoms with Gasteiger partial charge in [-0.3, -0.25) is 0 Å². The molecular formula is C82H75N5OPt-2. The fourth-order valence-electron chi connectivity index (χ4n) is 12.3. The van der Waals surface area contributed by atoms with Gasteiger partial charge < -0.3 is 4.90 Å². The molecule has 0 saturated heterocycles. The number of para-hydroxylation sites is 5. The van der Waals surface area contributed by atoms with E-state index in [1.54, 1.807) is 0 Å². The first-order chi connectivity index (χ1) is 42.6. The number of hydrogen-bond donors (Lipinski definition) is 0. The van der Waals surface area contributed by atoms with Crippen molar-refractivity contribution in [3.05, 3.63) is 275 Å². The molecule has 89 heavy (non-hydrogen) atoms. The summed E-state index contributed by atoms with van der Waals surface area (Å²) in [6.07, 6.45) is 1.95. The molecule has 10 aromatic carbocycles. The van der Waals surface area contributed by atoms with Crippen LogP contribution in [0.5, 0.6) is 11.5 Å². The second-order valence-electron chi connectivity index (χ2n) is 27.5. The van der Waals surface area contributed by atoms with Crippen LogP contribution in [-0.4, -0.2) is 14.1 Å². The van der Waals surface area contributed by atoms with Gasteiger partial charge in [-0.2, -0.15) is 0 Å². The van der Waals surface area contributed by atoms with Gasteiger partial charge in [0.25, 0.3) is 0 Å². The Morgan fingerprint density at radius 3 is 1.44 bits per heavy atom. The molecule has 12 aromatic rings. The second kappa shape index (κ2) is 22.8. The average Bonchev–Trinajstić information content (AvgIpc) is 2.48. The van der Waals surface area contributed by atoms with E-state index in [4.69, 9.17) is 9.72 Å². The second-order valence-corrected chi connectivity index (χ2v) is 28.5. The standard InChI is InChI=1S/C82H75N5O.Pt/c1-79(2,3)57-39-42-68-67-33-22-23-36-71(67)87(77-51-59(45-46-83-77)81(7,8)9)76-53-63(41-44-70(76)69-43-40-58(80(4,5)6)50-75(69)86(74(68)49-57)61-31-20-15-21-32-61)88-64-48-60(82(10,11)12)47-62(52-64)84-54-85(73-38-25-24-37-72(73)84)78-65(55-27-16-13-17-28-55)34-26-35-66(78)56-29-18-14-19-30-56;/h13-51H,1-12H3;/q-2;. The van der Waals surface area contributed by atoms with Crippen LogP contribution in [-0.2, 0) is 41.0 Å². The number of ether oxygens (including phenoxy) is 1. The fourth-order valence-corrected chi connectivity index (χ4v) is 13.4. The maximum absolute atomic E-state index is 7.37. The fraction of sp³-hybridized carbons (Fsp3) is 0.195. The SMILES string of the molecule is CC(C)(C)c1cc(Oc2[c-]c3c(cc2)-c2ccc(C(C)(C)C)cc2N(c2ccccc2)c2cc(C(C)(C)C)ccc2-c2ccccc2N3c2cc(C(C)(C)C)ccn2)[c-]c(-n2[c](=[Pt])n(-c3c(-c4ccccc4)cccc3-c3ccccc3)c3ccccc32)c1. The van der Waals surface area contributed by atoms with Crippen molar-refractivity contribution in [2.24, 2.45) is 0 Å². The van der Waals surface area contributed by atoms with E-state index in [9.17, 15) is 0 Å². The molecule has 0 amide bonds. The van der Waals surface area contributed by atoms with Crippen molar-refractivity contribution in [2.75, 3.05) is 9.80 Å². The number of fused-ring (bicyclic) bond motifs is 7. The number of aromatic nitrogens is 3. The maximum atomic E-state index is 7.37. The Morgan fingerprint density at radius 1 is 0.371 bits per heavy atom. The molecule has 0 bridgehead atoms. The van der Waals surface area contributed by atoms with Crippen molar-refractivity contribution in [3.8, 4) is 67.4 Å². The molecule has 1 aliphatic heterocycles. The van der Waals surface area contributed by atoms with Crippen LogP contribution in [0.25, 0.3) is 66.9 Å². The number of rotatable bonds is 8. The van der Waals surface area contributed by atoms with E-state index < -0.39 is 0 Å². The molecule has 13 rings (SSSR count).